The van der Waals surface area contributed by atoms with Gasteiger partial charge in [-0.05, 0) is 43.7 Å². The lowest BCUT2D eigenvalue weighted by atomic mass is 9.91. The highest BCUT2D eigenvalue weighted by molar-refractivity contribution is 6.10. The molecule has 1 aliphatic rings. The lowest BCUT2D eigenvalue weighted by Gasteiger charge is -2.23. The average Bonchev–Trinajstić information content (AvgIpc) is 2.55. The van der Waals surface area contributed by atoms with Gasteiger partial charge < -0.3 is 4.74 Å². The van der Waals surface area contributed by atoms with Gasteiger partial charge in [0.2, 0.25) is 0 Å². The molecule has 1 aromatic rings. The number of aldehydes is 1. The van der Waals surface area contributed by atoms with Gasteiger partial charge >= 0.3 is 6.18 Å². The van der Waals surface area contributed by atoms with E-state index < -0.39 is 11.7 Å². The summed E-state index contributed by atoms with van der Waals surface area (Å²) in [7, 11) is 0. The molecule has 0 spiro atoms. The molecular weight excluding hydrogens is 329 g/mol. The maximum absolute atomic E-state index is 13.7. The normalized spacial score (nSPS) is 16.2. The number of rotatable bonds is 4. The largest absolute Gasteiger partial charge is 0.493 e. The third kappa shape index (κ3) is 4.14. The molecule has 0 saturated heterocycles. The number of aryl methyl sites for hydroxylation is 1. The number of hydrogen-bond donors (Lipinski definition) is 0. The predicted molar refractivity (Wildman–Crippen MR) is 92.6 cm³/mol. The Balaban J connectivity index is 2.76. The molecule has 2 rings (SSSR count). The molecule has 2 nitrogen and oxygen atoms in total. The summed E-state index contributed by atoms with van der Waals surface area (Å²) in [5.74, 6) is 0.360. The summed E-state index contributed by atoms with van der Waals surface area (Å²) in [5.41, 5.74) is 1.34. The van der Waals surface area contributed by atoms with Crippen molar-refractivity contribution in [2.75, 3.05) is 6.61 Å². The highest BCUT2D eigenvalue weighted by Crippen LogP contribution is 2.40. The maximum atomic E-state index is 13.7. The highest BCUT2D eigenvalue weighted by atomic mass is 19.4. The number of ether oxygens (including phenoxy) is 1. The molecule has 0 fully saturated rings. The Kier molecular flexibility index (Phi) is 5.76. The predicted octanol–water partition coefficient (Wildman–Crippen LogP) is 5.44. The molecule has 0 bridgehead atoms. The van der Waals surface area contributed by atoms with Gasteiger partial charge in [0.05, 0.1) is 12.2 Å². The van der Waals surface area contributed by atoms with Gasteiger partial charge in [0.1, 0.15) is 5.75 Å². The zero-order chi connectivity index (χ0) is 18.8. The van der Waals surface area contributed by atoms with Crippen LogP contribution in [0.5, 0.6) is 5.75 Å². The summed E-state index contributed by atoms with van der Waals surface area (Å²) in [6.45, 7) is 7.61. The number of hydrogen-bond acceptors (Lipinski definition) is 2. The molecule has 5 heteroatoms. The Labute approximate surface area is 146 Å². The van der Waals surface area contributed by atoms with Gasteiger partial charge in [-0.2, -0.15) is 13.2 Å². The summed E-state index contributed by atoms with van der Waals surface area (Å²) in [6, 6.07) is 3.30. The van der Waals surface area contributed by atoms with Crippen LogP contribution in [0.3, 0.4) is 0 Å². The summed E-state index contributed by atoms with van der Waals surface area (Å²) in [5, 5.41) is 0. The quantitative estimate of drug-likeness (QED) is 0.410. The molecule has 136 valence electrons. The van der Waals surface area contributed by atoms with Crippen molar-refractivity contribution in [3.63, 3.8) is 0 Å². The van der Waals surface area contributed by atoms with E-state index in [1.165, 1.54) is 0 Å². The van der Waals surface area contributed by atoms with Crippen molar-refractivity contribution >= 4 is 11.9 Å². The van der Waals surface area contributed by atoms with E-state index in [-0.39, 0.29) is 23.3 Å². The molecule has 0 unspecified atom stereocenters. The molecule has 25 heavy (non-hydrogen) atoms. The first-order valence-corrected chi connectivity index (χ1v) is 8.37. The smallest absolute Gasteiger partial charge is 0.417 e. The summed E-state index contributed by atoms with van der Waals surface area (Å²) < 4.78 is 46.7. The number of carbonyl (C=O) groups is 1. The van der Waals surface area contributed by atoms with Crippen LogP contribution < -0.4 is 4.74 Å². The molecule has 0 aromatic heterocycles. The van der Waals surface area contributed by atoms with Crippen LogP contribution in [0.1, 0.15) is 43.9 Å². The molecule has 0 aliphatic carbocycles. The van der Waals surface area contributed by atoms with Gasteiger partial charge in [-0.1, -0.05) is 37.6 Å². The molecule has 1 aliphatic heterocycles. The molecular formula is C20H23F3O2. The molecule has 0 N–H and O–H groups in total. The number of benzene rings is 1. The second kappa shape index (κ2) is 7.46. The Bertz CT molecular complexity index is 725. The van der Waals surface area contributed by atoms with E-state index in [1.807, 2.05) is 20.8 Å². The molecule has 0 atom stereocenters. The van der Waals surface area contributed by atoms with Crippen LogP contribution in [0.2, 0.25) is 0 Å². The van der Waals surface area contributed by atoms with E-state index in [1.54, 1.807) is 19.1 Å². The number of fused-ring (bicyclic) bond motifs is 1. The Morgan fingerprint density at radius 3 is 2.52 bits per heavy atom. The van der Waals surface area contributed by atoms with Crippen LogP contribution in [-0.2, 0) is 11.2 Å². The molecule has 0 saturated carbocycles. The van der Waals surface area contributed by atoms with Crippen LogP contribution in [-0.4, -0.2) is 19.1 Å². The van der Waals surface area contributed by atoms with Crippen LogP contribution in [0.25, 0.3) is 5.57 Å². The lowest BCUT2D eigenvalue weighted by Crippen LogP contribution is -2.16. The summed E-state index contributed by atoms with van der Waals surface area (Å²) in [6.07, 6.45) is -1.71. The van der Waals surface area contributed by atoms with E-state index in [9.17, 15) is 18.0 Å². The minimum absolute atomic E-state index is 0.0477. The first-order chi connectivity index (χ1) is 11.7. The van der Waals surface area contributed by atoms with E-state index >= 15 is 0 Å². The SMILES string of the molecule is C/C(=C/C(=C(\C=O)c1ccc(C)c2c1OCCC2)C(F)(F)F)C(C)C. The second-order valence-electron chi connectivity index (χ2n) is 6.68. The number of halogens is 3. The molecule has 1 heterocycles. The number of alkyl halides is 3. The Morgan fingerprint density at radius 2 is 1.96 bits per heavy atom. The van der Waals surface area contributed by atoms with Crippen molar-refractivity contribution in [1.82, 2.24) is 0 Å². The van der Waals surface area contributed by atoms with Crippen LogP contribution in [0, 0.1) is 12.8 Å². The van der Waals surface area contributed by atoms with Crippen LogP contribution in [0.15, 0.2) is 29.4 Å². The lowest BCUT2D eigenvalue weighted by molar-refractivity contribution is -0.104. The summed E-state index contributed by atoms with van der Waals surface area (Å²) >= 11 is 0. The molecule has 0 amide bonds. The highest BCUT2D eigenvalue weighted by Gasteiger charge is 2.36. The van der Waals surface area contributed by atoms with Gasteiger partial charge in [-0.3, -0.25) is 4.79 Å². The Hall–Kier alpha value is -2.04. The fourth-order valence-electron chi connectivity index (χ4n) is 2.82. The monoisotopic (exact) mass is 352 g/mol. The minimum Gasteiger partial charge on any atom is -0.493 e. The fraction of sp³-hybridized carbons (Fsp3) is 0.450. The van der Waals surface area contributed by atoms with E-state index in [0.717, 1.165) is 30.0 Å². The van der Waals surface area contributed by atoms with Crippen molar-refractivity contribution in [3.8, 4) is 5.75 Å². The van der Waals surface area contributed by atoms with Crippen molar-refractivity contribution in [2.45, 2.75) is 46.7 Å². The van der Waals surface area contributed by atoms with E-state index in [2.05, 4.69) is 0 Å². The topological polar surface area (TPSA) is 26.3 Å². The van der Waals surface area contributed by atoms with Crippen molar-refractivity contribution < 1.29 is 22.7 Å². The van der Waals surface area contributed by atoms with Gasteiger partial charge in [-0.25, -0.2) is 0 Å². The van der Waals surface area contributed by atoms with Crippen LogP contribution in [0.4, 0.5) is 13.2 Å². The maximum Gasteiger partial charge on any atom is 0.417 e. The zero-order valence-corrected chi connectivity index (χ0v) is 15.0. The average molecular weight is 352 g/mol. The van der Waals surface area contributed by atoms with E-state index in [0.29, 0.717) is 17.9 Å². The van der Waals surface area contributed by atoms with Gasteiger partial charge in [-0.15, -0.1) is 0 Å². The molecule has 0 radical (unpaired) electrons. The van der Waals surface area contributed by atoms with Crippen molar-refractivity contribution in [3.05, 3.63) is 46.0 Å². The first-order valence-electron chi connectivity index (χ1n) is 8.37. The second-order valence-corrected chi connectivity index (χ2v) is 6.68. The van der Waals surface area contributed by atoms with Crippen LogP contribution >= 0.6 is 0 Å². The zero-order valence-electron chi connectivity index (χ0n) is 15.0. The fourth-order valence-corrected chi connectivity index (χ4v) is 2.82. The number of allylic oxidation sites excluding steroid dienone is 4. The Morgan fingerprint density at radius 1 is 1.28 bits per heavy atom. The van der Waals surface area contributed by atoms with Gasteiger partial charge in [0.15, 0.2) is 6.29 Å². The van der Waals surface area contributed by atoms with Gasteiger partial charge in [0, 0.05) is 11.1 Å². The van der Waals surface area contributed by atoms with Crippen molar-refractivity contribution in [2.24, 2.45) is 5.92 Å². The third-order valence-corrected chi connectivity index (χ3v) is 4.60. The van der Waals surface area contributed by atoms with E-state index in [4.69, 9.17) is 4.74 Å². The number of carbonyl (C=O) groups excluding carboxylic acids is 1. The first kappa shape index (κ1) is 19.3. The van der Waals surface area contributed by atoms with Crippen molar-refractivity contribution in [1.29, 1.82) is 0 Å². The molecule has 1 aromatic carbocycles. The minimum atomic E-state index is -4.63. The standard InChI is InChI=1S/C20H23F3O2/c1-12(2)14(4)10-18(20(21,22)23)17(11-24)16-8-7-13(3)15-6-5-9-25-19(15)16/h7-8,10-12H,5-6,9H2,1-4H3/b14-10-,18-17-. The summed E-state index contributed by atoms with van der Waals surface area (Å²) in [4.78, 5) is 11.7. The third-order valence-electron chi connectivity index (χ3n) is 4.60. The van der Waals surface area contributed by atoms with Gasteiger partial charge in [0.25, 0.3) is 0 Å².